The Labute approximate surface area is 138 Å². The molecule has 1 N–H and O–H groups in total. The number of amides is 2. The first kappa shape index (κ1) is 17.9. The van der Waals surface area contributed by atoms with E-state index in [9.17, 15) is 14.4 Å². The predicted molar refractivity (Wildman–Crippen MR) is 87.8 cm³/mol. The first-order valence-electron chi connectivity index (χ1n) is 8.75. The zero-order valence-electron chi connectivity index (χ0n) is 14.3. The van der Waals surface area contributed by atoms with E-state index < -0.39 is 0 Å². The van der Waals surface area contributed by atoms with Crippen LogP contribution in [0.2, 0.25) is 0 Å². The number of Topliss-reactive ketones (excluding diaryl/α,β-unsaturated/α-hetero) is 1. The van der Waals surface area contributed by atoms with E-state index in [0.29, 0.717) is 6.54 Å². The molecule has 2 rings (SSSR count). The Hall–Kier alpha value is -1.43. The normalized spacial score (nSPS) is 25.9. The Kier molecular flexibility index (Phi) is 6.57. The van der Waals surface area contributed by atoms with Crippen molar-refractivity contribution in [3.05, 3.63) is 0 Å². The maximum Gasteiger partial charge on any atom is 0.223 e. The second-order valence-electron chi connectivity index (χ2n) is 6.75. The van der Waals surface area contributed by atoms with Crippen molar-refractivity contribution in [3.8, 4) is 0 Å². The molecule has 0 bridgehead atoms. The Bertz CT molecular complexity index is 444. The molecular formula is C17H29N3O3. The van der Waals surface area contributed by atoms with Gasteiger partial charge in [-0.05, 0) is 19.8 Å². The van der Waals surface area contributed by atoms with Crippen molar-refractivity contribution < 1.29 is 14.4 Å². The lowest BCUT2D eigenvalue weighted by molar-refractivity contribution is -0.134. The maximum absolute atomic E-state index is 12.4. The number of rotatable bonds is 5. The second-order valence-corrected chi connectivity index (χ2v) is 6.75. The minimum Gasteiger partial charge on any atom is -0.355 e. The molecule has 2 aliphatic rings. The van der Waals surface area contributed by atoms with Crippen LogP contribution >= 0.6 is 0 Å². The Morgan fingerprint density at radius 3 is 2.13 bits per heavy atom. The van der Waals surface area contributed by atoms with E-state index in [0.717, 1.165) is 58.4 Å². The molecule has 1 aliphatic heterocycles. The van der Waals surface area contributed by atoms with Gasteiger partial charge in [0.25, 0.3) is 0 Å². The van der Waals surface area contributed by atoms with Crippen LogP contribution in [-0.2, 0) is 14.4 Å². The third-order valence-electron chi connectivity index (χ3n) is 5.17. The molecule has 1 saturated carbocycles. The molecule has 6 heteroatoms. The largest absolute Gasteiger partial charge is 0.355 e. The molecular weight excluding hydrogens is 294 g/mol. The van der Waals surface area contributed by atoms with E-state index in [-0.39, 0.29) is 29.4 Å². The third kappa shape index (κ3) is 5.03. The number of nitrogens with zero attached hydrogens (tertiary/aromatic N) is 2. The molecule has 2 atom stereocenters. The zero-order valence-corrected chi connectivity index (χ0v) is 14.3. The fraction of sp³-hybridized carbons (Fsp3) is 0.824. The highest BCUT2D eigenvalue weighted by Gasteiger charge is 2.33. The van der Waals surface area contributed by atoms with Gasteiger partial charge in [-0.15, -0.1) is 0 Å². The van der Waals surface area contributed by atoms with Gasteiger partial charge in [-0.2, -0.15) is 0 Å². The molecule has 1 aliphatic carbocycles. The standard InChI is InChI=1S/C17H29N3O3/c1-13(21)15-5-3-4-6-16(15)17(23)18-7-8-19-9-11-20(12-10-19)14(2)22/h15-16H,3-12H2,1-2H3,(H,18,23)/t15-,16-/m0/s1. The van der Waals surface area contributed by atoms with Gasteiger partial charge in [-0.1, -0.05) is 12.8 Å². The summed E-state index contributed by atoms with van der Waals surface area (Å²) in [6.45, 7) is 7.85. The van der Waals surface area contributed by atoms with Gasteiger partial charge in [-0.3, -0.25) is 19.3 Å². The lowest BCUT2D eigenvalue weighted by Gasteiger charge is -2.34. The SMILES string of the molecule is CC(=O)[C@@H]1CCCC[C@@H]1C(=O)NCCN1CCN(C(C)=O)CC1. The van der Waals surface area contributed by atoms with Gasteiger partial charge in [-0.25, -0.2) is 0 Å². The number of carbonyl (C=O) groups excluding carboxylic acids is 3. The van der Waals surface area contributed by atoms with Crippen LogP contribution in [-0.4, -0.2) is 66.7 Å². The average Bonchev–Trinajstić information content (AvgIpc) is 2.55. The van der Waals surface area contributed by atoms with Crippen molar-refractivity contribution in [1.29, 1.82) is 0 Å². The number of carbonyl (C=O) groups is 3. The van der Waals surface area contributed by atoms with Crippen LogP contribution in [0, 0.1) is 11.8 Å². The highest BCUT2D eigenvalue weighted by atomic mass is 16.2. The van der Waals surface area contributed by atoms with Gasteiger partial charge < -0.3 is 10.2 Å². The minimum atomic E-state index is -0.143. The van der Waals surface area contributed by atoms with Crippen molar-refractivity contribution in [2.75, 3.05) is 39.3 Å². The van der Waals surface area contributed by atoms with E-state index in [1.54, 1.807) is 13.8 Å². The number of nitrogens with one attached hydrogen (secondary N) is 1. The molecule has 0 unspecified atom stereocenters. The summed E-state index contributed by atoms with van der Waals surface area (Å²) in [5.41, 5.74) is 0. The van der Waals surface area contributed by atoms with Gasteiger partial charge in [0.15, 0.2) is 0 Å². The van der Waals surface area contributed by atoms with Gasteiger partial charge in [0.05, 0.1) is 0 Å². The van der Waals surface area contributed by atoms with Gasteiger partial charge in [0.2, 0.25) is 11.8 Å². The fourth-order valence-corrected chi connectivity index (χ4v) is 3.69. The molecule has 0 aromatic carbocycles. The van der Waals surface area contributed by atoms with Crippen LogP contribution < -0.4 is 5.32 Å². The average molecular weight is 323 g/mol. The number of piperazine rings is 1. The molecule has 0 aromatic heterocycles. The van der Waals surface area contributed by atoms with E-state index in [1.807, 2.05) is 4.90 Å². The molecule has 0 aromatic rings. The maximum atomic E-state index is 12.4. The van der Waals surface area contributed by atoms with E-state index >= 15 is 0 Å². The van der Waals surface area contributed by atoms with E-state index in [4.69, 9.17) is 0 Å². The summed E-state index contributed by atoms with van der Waals surface area (Å²) >= 11 is 0. The van der Waals surface area contributed by atoms with Crippen molar-refractivity contribution in [1.82, 2.24) is 15.1 Å². The summed E-state index contributed by atoms with van der Waals surface area (Å²) in [7, 11) is 0. The third-order valence-corrected chi connectivity index (χ3v) is 5.17. The number of hydrogen-bond acceptors (Lipinski definition) is 4. The summed E-state index contributed by atoms with van der Waals surface area (Å²) < 4.78 is 0. The molecule has 0 radical (unpaired) electrons. The van der Waals surface area contributed by atoms with Crippen LogP contribution in [0.15, 0.2) is 0 Å². The van der Waals surface area contributed by atoms with Gasteiger partial charge in [0, 0.05) is 58.0 Å². The second kappa shape index (κ2) is 8.43. The van der Waals surface area contributed by atoms with Gasteiger partial charge in [0.1, 0.15) is 5.78 Å². The molecule has 2 amide bonds. The van der Waals surface area contributed by atoms with Crippen molar-refractivity contribution >= 4 is 17.6 Å². The molecule has 0 spiro atoms. The first-order valence-corrected chi connectivity index (χ1v) is 8.75. The molecule has 2 fully saturated rings. The summed E-state index contributed by atoms with van der Waals surface area (Å²) in [6, 6.07) is 0. The summed E-state index contributed by atoms with van der Waals surface area (Å²) in [4.78, 5) is 39.5. The Balaban J connectivity index is 1.70. The predicted octanol–water partition coefficient (Wildman–Crippen LogP) is 0.662. The van der Waals surface area contributed by atoms with Crippen LogP contribution in [0.25, 0.3) is 0 Å². The molecule has 6 nitrogen and oxygen atoms in total. The van der Waals surface area contributed by atoms with E-state index in [1.165, 1.54) is 0 Å². The number of hydrogen-bond donors (Lipinski definition) is 1. The minimum absolute atomic E-state index is 0.0345. The summed E-state index contributed by atoms with van der Waals surface area (Å²) in [6.07, 6.45) is 3.76. The van der Waals surface area contributed by atoms with Crippen LogP contribution in [0.5, 0.6) is 0 Å². The lowest BCUT2D eigenvalue weighted by atomic mass is 9.77. The molecule has 1 heterocycles. The Morgan fingerprint density at radius 1 is 0.957 bits per heavy atom. The zero-order chi connectivity index (χ0) is 16.8. The summed E-state index contributed by atoms with van der Waals surface area (Å²) in [5.74, 6) is 0.0710. The monoisotopic (exact) mass is 323 g/mol. The van der Waals surface area contributed by atoms with Crippen molar-refractivity contribution in [2.45, 2.75) is 39.5 Å². The fourth-order valence-electron chi connectivity index (χ4n) is 3.69. The molecule has 1 saturated heterocycles. The van der Waals surface area contributed by atoms with Crippen molar-refractivity contribution in [3.63, 3.8) is 0 Å². The lowest BCUT2D eigenvalue weighted by Crippen LogP contribution is -2.50. The highest BCUT2D eigenvalue weighted by Crippen LogP contribution is 2.30. The number of ketones is 1. The highest BCUT2D eigenvalue weighted by molar-refractivity contribution is 5.87. The van der Waals surface area contributed by atoms with Gasteiger partial charge >= 0.3 is 0 Å². The van der Waals surface area contributed by atoms with Crippen LogP contribution in [0.4, 0.5) is 0 Å². The topological polar surface area (TPSA) is 69.7 Å². The van der Waals surface area contributed by atoms with E-state index in [2.05, 4.69) is 10.2 Å². The Morgan fingerprint density at radius 2 is 1.57 bits per heavy atom. The molecule has 130 valence electrons. The smallest absolute Gasteiger partial charge is 0.223 e. The first-order chi connectivity index (χ1) is 11.0. The van der Waals surface area contributed by atoms with Crippen molar-refractivity contribution in [2.24, 2.45) is 11.8 Å². The van der Waals surface area contributed by atoms with Crippen LogP contribution in [0.3, 0.4) is 0 Å². The summed E-state index contributed by atoms with van der Waals surface area (Å²) in [5, 5.41) is 3.01. The quantitative estimate of drug-likeness (QED) is 0.807. The molecule has 23 heavy (non-hydrogen) atoms. The van der Waals surface area contributed by atoms with Crippen LogP contribution in [0.1, 0.15) is 39.5 Å².